The van der Waals surface area contributed by atoms with Crippen LogP contribution in [0.5, 0.6) is 0 Å². The van der Waals surface area contributed by atoms with Crippen molar-refractivity contribution in [2.45, 2.75) is 38.8 Å². The van der Waals surface area contributed by atoms with Crippen molar-refractivity contribution in [3.8, 4) is 0 Å². The SMILES string of the molecule is CC(C)C(NC=O)C(=O)NC(CCCNC(N)=O)C(N)=O. The largest absolute Gasteiger partial charge is 0.368 e. The number of amides is 5. The van der Waals surface area contributed by atoms with Crippen molar-refractivity contribution in [1.29, 1.82) is 0 Å². The van der Waals surface area contributed by atoms with E-state index >= 15 is 0 Å². The molecule has 21 heavy (non-hydrogen) atoms. The van der Waals surface area contributed by atoms with E-state index < -0.39 is 29.9 Å². The number of hydrogen-bond donors (Lipinski definition) is 5. The van der Waals surface area contributed by atoms with Crippen molar-refractivity contribution in [2.24, 2.45) is 17.4 Å². The van der Waals surface area contributed by atoms with Crippen molar-refractivity contribution >= 4 is 24.3 Å². The van der Waals surface area contributed by atoms with Crippen LogP contribution in [0, 0.1) is 5.92 Å². The van der Waals surface area contributed by atoms with Gasteiger partial charge >= 0.3 is 6.03 Å². The molecule has 0 rings (SSSR count). The second-order valence-electron chi connectivity index (χ2n) is 4.90. The first kappa shape index (κ1) is 18.7. The first-order chi connectivity index (χ1) is 9.79. The van der Waals surface area contributed by atoms with Gasteiger partial charge in [-0.25, -0.2) is 4.79 Å². The molecule has 0 saturated heterocycles. The Kier molecular flexibility index (Phi) is 8.51. The molecule has 2 atom stereocenters. The van der Waals surface area contributed by atoms with Crippen LogP contribution in [0.1, 0.15) is 26.7 Å². The van der Waals surface area contributed by atoms with Crippen molar-refractivity contribution in [2.75, 3.05) is 6.54 Å². The zero-order valence-corrected chi connectivity index (χ0v) is 12.2. The lowest BCUT2D eigenvalue weighted by molar-refractivity contribution is -0.130. The molecule has 0 aliphatic heterocycles. The normalized spacial score (nSPS) is 13.1. The van der Waals surface area contributed by atoms with Crippen LogP contribution in [0.2, 0.25) is 0 Å². The van der Waals surface area contributed by atoms with Crippen LogP contribution in [0.3, 0.4) is 0 Å². The maximum atomic E-state index is 12.0. The summed E-state index contributed by atoms with van der Waals surface area (Å²) in [6.07, 6.45) is 1.11. The molecule has 0 aliphatic rings. The van der Waals surface area contributed by atoms with Crippen LogP contribution in [0.15, 0.2) is 0 Å². The summed E-state index contributed by atoms with van der Waals surface area (Å²) in [6.45, 7) is 3.79. The number of rotatable bonds is 10. The Labute approximate surface area is 123 Å². The maximum Gasteiger partial charge on any atom is 0.312 e. The van der Waals surface area contributed by atoms with E-state index in [1.165, 1.54) is 0 Å². The zero-order valence-electron chi connectivity index (χ0n) is 12.2. The lowest BCUT2D eigenvalue weighted by atomic mass is 10.0. The Morgan fingerprint density at radius 3 is 2.24 bits per heavy atom. The van der Waals surface area contributed by atoms with E-state index in [1.54, 1.807) is 13.8 Å². The second kappa shape index (κ2) is 9.56. The van der Waals surface area contributed by atoms with Gasteiger partial charge in [0.25, 0.3) is 0 Å². The Morgan fingerprint density at radius 2 is 1.81 bits per heavy atom. The van der Waals surface area contributed by atoms with Crippen LogP contribution in [-0.4, -0.2) is 42.9 Å². The van der Waals surface area contributed by atoms with Gasteiger partial charge in [-0.2, -0.15) is 0 Å². The quantitative estimate of drug-likeness (QED) is 0.238. The molecule has 0 fully saturated rings. The molecule has 9 heteroatoms. The van der Waals surface area contributed by atoms with Gasteiger partial charge in [0, 0.05) is 6.54 Å². The predicted molar refractivity (Wildman–Crippen MR) is 75.8 cm³/mol. The summed E-state index contributed by atoms with van der Waals surface area (Å²) >= 11 is 0. The van der Waals surface area contributed by atoms with Crippen molar-refractivity contribution < 1.29 is 19.2 Å². The minimum absolute atomic E-state index is 0.139. The summed E-state index contributed by atoms with van der Waals surface area (Å²) < 4.78 is 0. The summed E-state index contributed by atoms with van der Waals surface area (Å²) in [6, 6.07) is -2.28. The molecule has 0 bridgehead atoms. The standard InChI is InChI=1S/C12H23N5O4/c1-7(2)9(16-6-18)11(20)17-8(10(13)19)4-3-5-15-12(14)21/h6-9H,3-5H2,1-2H3,(H2,13,19)(H,16,18)(H,17,20)(H3,14,15,21). The van der Waals surface area contributed by atoms with Crippen LogP contribution in [-0.2, 0) is 14.4 Å². The van der Waals surface area contributed by atoms with Crippen LogP contribution >= 0.6 is 0 Å². The number of primary amides is 2. The fourth-order valence-electron chi connectivity index (χ4n) is 1.71. The Bertz CT molecular complexity index is 386. The molecule has 0 radical (unpaired) electrons. The molecule has 0 aliphatic carbocycles. The summed E-state index contributed by atoms with van der Waals surface area (Å²) in [4.78, 5) is 44.3. The topological polar surface area (TPSA) is 156 Å². The average molecular weight is 301 g/mol. The molecule has 0 aromatic rings. The third-order valence-corrected chi connectivity index (χ3v) is 2.83. The van der Waals surface area contributed by atoms with Crippen molar-refractivity contribution in [3.05, 3.63) is 0 Å². The Hall–Kier alpha value is -2.32. The molecule has 120 valence electrons. The van der Waals surface area contributed by atoms with Gasteiger partial charge in [0.2, 0.25) is 18.2 Å². The van der Waals surface area contributed by atoms with E-state index in [-0.39, 0.29) is 18.9 Å². The Morgan fingerprint density at radius 1 is 1.19 bits per heavy atom. The minimum Gasteiger partial charge on any atom is -0.368 e. The third-order valence-electron chi connectivity index (χ3n) is 2.83. The molecule has 0 heterocycles. The molecule has 2 unspecified atom stereocenters. The molecule has 7 N–H and O–H groups in total. The maximum absolute atomic E-state index is 12.0. The molecule has 0 saturated carbocycles. The lowest BCUT2D eigenvalue weighted by Crippen LogP contribution is -2.53. The van der Waals surface area contributed by atoms with Crippen molar-refractivity contribution in [3.63, 3.8) is 0 Å². The fraction of sp³-hybridized carbons (Fsp3) is 0.667. The molecule has 9 nitrogen and oxygen atoms in total. The summed E-state index contributed by atoms with van der Waals surface area (Å²) in [5.41, 5.74) is 10.1. The van der Waals surface area contributed by atoms with Gasteiger partial charge in [-0.1, -0.05) is 13.8 Å². The van der Waals surface area contributed by atoms with Crippen molar-refractivity contribution in [1.82, 2.24) is 16.0 Å². The van der Waals surface area contributed by atoms with E-state index in [0.29, 0.717) is 12.8 Å². The highest BCUT2D eigenvalue weighted by atomic mass is 16.2. The highest BCUT2D eigenvalue weighted by Crippen LogP contribution is 2.03. The van der Waals surface area contributed by atoms with E-state index in [2.05, 4.69) is 16.0 Å². The molecule has 5 amide bonds. The smallest absolute Gasteiger partial charge is 0.312 e. The van der Waals surface area contributed by atoms with E-state index in [1.807, 2.05) is 0 Å². The van der Waals surface area contributed by atoms with Crippen LogP contribution in [0.4, 0.5) is 4.79 Å². The van der Waals surface area contributed by atoms with Gasteiger partial charge in [-0.15, -0.1) is 0 Å². The fourth-order valence-corrected chi connectivity index (χ4v) is 1.71. The number of carbonyl (C=O) groups is 4. The second-order valence-corrected chi connectivity index (χ2v) is 4.90. The molecule has 0 spiro atoms. The number of nitrogens with one attached hydrogen (secondary N) is 3. The minimum atomic E-state index is -0.873. The molecule has 0 aromatic carbocycles. The highest BCUT2D eigenvalue weighted by molar-refractivity contribution is 5.89. The van der Waals surface area contributed by atoms with Gasteiger partial charge in [0.15, 0.2) is 0 Å². The highest BCUT2D eigenvalue weighted by Gasteiger charge is 2.25. The molecular weight excluding hydrogens is 278 g/mol. The lowest BCUT2D eigenvalue weighted by Gasteiger charge is -2.22. The van der Waals surface area contributed by atoms with E-state index in [4.69, 9.17) is 11.5 Å². The Balaban J connectivity index is 4.47. The average Bonchev–Trinajstić information content (AvgIpc) is 2.38. The summed E-state index contributed by atoms with van der Waals surface area (Å²) in [5, 5.41) is 7.25. The van der Waals surface area contributed by atoms with Gasteiger partial charge in [0.1, 0.15) is 12.1 Å². The first-order valence-electron chi connectivity index (χ1n) is 6.62. The van der Waals surface area contributed by atoms with Gasteiger partial charge in [-0.3, -0.25) is 14.4 Å². The van der Waals surface area contributed by atoms with Crippen LogP contribution < -0.4 is 27.4 Å². The third kappa shape index (κ3) is 7.75. The monoisotopic (exact) mass is 301 g/mol. The number of nitrogens with two attached hydrogens (primary N) is 2. The molecular formula is C12H23N5O4. The number of hydrogen-bond acceptors (Lipinski definition) is 4. The predicted octanol–water partition coefficient (Wildman–Crippen LogP) is -1.82. The zero-order chi connectivity index (χ0) is 16.4. The van der Waals surface area contributed by atoms with Gasteiger partial charge in [0.05, 0.1) is 0 Å². The summed E-state index contributed by atoms with van der Waals surface area (Å²) in [5.74, 6) is -1.31. The number of urea groups is 1. The number of carbonyl (C=O) groups excluding carboxylic acids is 4. The summed E-state index contributed by atoms with van der Waals surface area (Å²) in [7, 11) is 0. The van der Waals surface area contributed by atoms with Crippen LogP contribution in [0.25, 0.3) is 0 Å². The van der Waals surface area contributed by atoms with Gasteiger partial charge < -0.3 is 27.4 Å². The molecule has 0 aromatic heterocycles. The van der Waals surface area contributed by atoms with E-state index in [9.17, 15) is 19.2 Å². The first-order valence-corrected chi connectivity index (χ1v) is 6.62. The van der Waals surface area contributed by atoms with Gasteiger partial charge in [-0.05, 0) is 18.8 Å². The van der Waals surface area contributed by atoms with E-state index in [0.717, 1.165) is 0 Å².